The first kappa shape index (κ1) is 20.2. The van der Waals surface area contributed by atoms with E-state index in [9.17, 15) is 13.2 Å². The zero-order valence-electron chi connectivity index (χ0n) is 17.1. The van der Waals surface area contributed by atoms with Crippen molar-refractivity contribution in [1.29, 1.82) is 0 Å². The Kier molecular flexibility index (Phi) is 5.35. The van der Waals surface area contributed by atoms with Gasteiger partial charge >= 0.3 is 0 Å². The van der Waals surface area contributed by atoms with Crippen LogP contribution >= 0.6 is 0 Å². The molecule has 0 saturated carbocycles. The summed E-state index contributed by atoms with van der Waals surface area (Å²) in [5, 5.41) is 2.98. The van der Waals surface area contributed by atoms with Gasteiger partial charge in [0.2, 0.25) is 0 Å². The number of benzene rings is 3. The van der Waals surface area contributed by atoms with Crippen LogP contribution in [0.25, 0.3) is 0 Å². The summed E-state index contributed by atoms with van der Waals surface area (Å²) in [6, 6.07) is 20.8. The molecular weight excluding hydrogens is 396 g/mol. The van der Waals surface area contributed by atoms with Gasteiger partial charge in [-0.15, -0.1) is 0 Å². The molecule has 154 valence electrons. The molecule has 0 radical (unpaired) electrons. The Bertz CT molecular complexity index is 1220. The number of para-hydroxylation sites is 2. The minimum Gasteiger partial charge on any atom is -0.367 e. The predicted octanol–water partition coefficient (Wildman–Crippen LogP) is 4.21. The lowest BCUT2D eigenvalue weighted by molar-refractivity contribution is 0.102. The van der Waals surface area contributed by atoms with E-state index in [1.807, 2.05) is 30.3 Å². The lowest BCUT2D eigenvalue weighted by Gasteiger charge is -2.21. The lowest BCUT2D eigenvalue weighted by atomic mass is 10.1. The minimum absolute atomic E-state index is 0.139. The largest absolute Gasteiger partial charge is 0.367 e. The van der Waals surface area contributed by atoms with Crippen molar-refractivity contribution in [3.63, 3.8) is 0 Å². The summed E-state index contributed by atoms with van der Waals surface area (Å²) in [5.41, 5.74) is 5.41. The second-order valence-electron chi connectivity index (χ2n) is 7.66. The fourth-order valence-corrected chi connectivity index (χ4v) is 4.47. The zero-order chi connectivity index (χ0) is 21.3. The molecule has 0 unspecified atom stereocenters. The molecule has 3 aromatic carbocycles. The van der Waals surface area contributed by atoms with Crippen LogP contribution in [-0.2, 0) is 22.8 Å². The topological polar surface area (TPSA) is 66.5 Å². The van der Waals surface area contributed by atoms with Gasteiger partial charge in [0.1, 0.15) is 0 Å². The molecule has 1 amide bonds. The van der Waals surface area contributed by atoms with E-state index in [-0.39, 0.29) is 10.8 Å². The smallest absolute Gasteiger partial charge is 0.255 e. The average molecular weight is 421 g/mol. The molecule has 4 rings (SSSR count). The predicted molar refractivity (Wildman–Crippen MR) is 120 cm³/mol. The molecular formula is C24H24N2O3S. The van der Waals surface area contributed by atoms with Crippen LogP contribution in [0.4, 0.5) is 11.4 Å². The lowest BCUT2D eigenvalue weighted by Crippen LogP contribution is -2.22. The van der Waals surface area contributed by atoms with Gasteiger partial charge in [0.05, 0.1) is 4.90 Å². The SMILES string of the molecule is Cc1ccc(S(C)(=O)=O)cc1C(=O)Nc1ccccc1CN1CCc2ccccc21. The Morgan fingerprint density at radius 3 is 2.57 bits per heavy atom. The molecule has 1 aliphatic heterocycles. The Hall–Kier alpha value is -3.12. The normalized spacial score (nSPS) is 13.2. The summed E-state index contributed by atoms with van der Waals surface area (Å²) in [4.78, 5) is 15.4. The number of hydrogen-bond acceptors (Lipinski definition) is 4. The van der Waals surface area contributed by atoms with E-state index in [2.05, 4.69) is 28.4 Å². The first-order valence-corrected chi connectivity index (χ1v) is 11.7. The average Bonchev–Trinajstić information content (AvgIpc) is 3.12. The van der Waals surface area contributed by atoms with E-state index in [0.29, 0.717) is 12.1 Å². The highest BCUT2D eigenvalue weighted by Gasteiger charge is 2.20. The highest BCUT2D eigenvalue weighted by molar-refractivity contribution is 7.90. The number of anilines is 2. The van der Waals surface area contributed by atoms with Crippen molar-refractivity contribution < 1.29 is 13.2 Å². The van der Waals surface area contributed by atoms with Gasteiger partial charge in [-0.05, 0) is 54.3 Å². The number of nitrogens with zero attached hydrogens (tertiary/aromatic N) is 1. The summed E-state index contributed by atoms with van der Waals surface area (Å²) in [6.45, 7) is 3.43. The molecule has 3 aromatic rings. The van der Waals surface area contributed by atoms with Gasteiger partial charge in [0, 0.05) is 36.3 Å². The van der Waals surface area contributed by atoms with Crippen molar-refractivity contribution in [2.45, 2.75) is 24.8 Å². The highest BCUT2D eigenvalue weighted by Crippen LogP contribution is 2.30. The molecule has 0 atom stereocenters. The molecule has 0 bridgehead atoms. The minimum atomic E-state index is -3.39. The molecule has 1 aliphatic rings. The maximum absolute atomic E-state index is 13.0. The van der Waals surface area contributed by atoms with E-state index in [1.165, 1.54) is 23.4 Å². The number of amides is 1. The fraction of sp³-hybridized carbons (Fsp3) is 0.208. The van der Waals surface area contributed by atoms with Crippen molar-refractivity contribution >= 4 is 27.1 Å². The van der Waals surface area contributed by atoms with Crippen LogP contribution in [0.5, 0.6) is 0 Å². The maximum Gasteiger partial charge on any atom is 0.255 e. The molecule has 0 aromatic heterocycles. The van der Waals surface area contributed by atoms with Crippen molar-refractivity contribution in [1.82, 2.24) is 0 Å². The second kappa shape index (κ2) is 7.95. The van der Waals surface area contributed by atoms with Crippen molar-refractivity contribution in [2.75, 3.05) is 23.0 Å². The van der Waals surface area contributed by atoms with E-state index in [4.69, 9.17) is 0 Å². The molecule has 1 N–H and O–H groups in total. The monoisotopic (exact) mass is 420 g/mol. The van der Waals surface area contributed by atoms with E-state index in [0.717, 1.165) is 36.0 Å². The highest BCUT2D eigenvalue weighted by atomic mass is 32.2. The molecule has 30 heavy (non-hydrogen) atoms. The van der Waals surface area contributed by atoms with Gasteiger partial charge in [-0.25, -0.2) is 8.42 Å². The van der Waals surface area contributed by atoms with Crippen LogP contribution < -0.4 is 10.2 Å². The summed E-state index contributed by atoms with van der Waals surface area (Å²) in [6.07, 6.45) is 2.16. The number of fused-ring (bicyclic) bond motifs is 1. The molecule has 0 spiro atoms. The van der Waals surface area contributed by atoms with Gasteiger partial charge in [-0.2, -0.15) is 0 Å². The van der Waals surface area contributed by atoms with Gasteiger partial charge in [0.25, 0.3) is 5.91 Å². The van der Waals surface area contributed by atoms with E-state index in [1.54, 1.807) is 13.0 Å². The van der Waals surface area contributed by atoms with Crippen molar-refractivity contribution in [2.24, 2.45) is 0 Å². The maximum atomic E-state index is 13.0. The quantitative estimate of drug-likeness (QED) is 0.671. The Morgan fingerprint density at radius 2 is 1.77 bits per heavy atom. The van der Waals surface area contributed by atoms with Crippen LogP contribution in [0.3, 0.4) is 0 Å². The summed E-state index contributed by atoms with van der Waals surface area (Å²) in [7, 11) is -3.39. The number of sulfone groups is 1. The van der Waals surface area contributed by atoms with Crippen LogP contribution in [-0.4, -0.2) is 27.1 Å². The molecule has 0 fully saturated rings. The third-order valence-electron chi connectivity index (χ3n) is 5.49. The molecule has 0 aliphatic carbocycles. The van der Waals surface area contributed by atoms with Gasteiger partial charge in [-0.3, -0.25) is 4.79 Å². The number of carbonyl (C=O) groups excluding carboxylic acids is 1. The molecule has 1 heterocycles. The summed E-state index contributed by atoms with van der Waals surface area (Å²) in [5.74, 6) is -0.313. The van der Waals surface area contributed by atoms with Crippen LogP contribution in [0.1, 0.15) is 27.0 Å². The van der Waals surface area contributed by atoms with Gasteiger partial charge in [-0.1, -0.05) is 42.5 Å². The molecule has 0 saturated heterocycles. The molecule has 5 nitrogen and oxygen atoms in total. The molecule has 6 heteroatoms. The van der Waals surface area contributed by atoms with Crippen molar-refractivity contribution in [3.8, 4) is 0 Å². The Labute approximate surface area is 177 Å². The van der Waals surface area contributed by atoms with Crippen LogP contribution in [0.2, 0.25) is 0 Å². The first-order chi connectivity index (χ1) is 14.3. The number of hydrogen-bond donors (Lipinski definition) is 1. The third kappa shape index (κ3) is 4.09. The van der Waals surface area contributed by atoms with Crippen LogP contribution in [0.15, 0.2) is 71.6 Å². The van der Waals surface area contributed by atoms with Gasteiger partial charge < -0.3 is 10.2 Å². The van der Waals surface area contributed by atoms with Crippen molar-refractivity contribution in [3.05, 3.63) is 89.0 Å². The van der Waals surface area contributed by atoms with E-state index >= 15 is 0 Å². The standard InChI is InChI=1S/C24H24N2O3S/c1-17-11-12-20(30(2,28)29)15-21(17)24(27)25-22-9-5-3-8-19(22)16-26-14-13-18-7-4-6-10-23(18)26/h3-12,15H,13-14,16H2,1-2H3,(H,25,27). The number of rotatable bonds is 5. The first-order valence-electron chi connectivity index (χ1n) is 9.86. The fourth-order valence-electron chi connectivity index (χ4n) is 3.82. The zero-order valence-corrected chi connectivity index (χ0v) is 17.9. The number of aryl methyl sites for hydroxylation is 1. The van der Waals surface area contributed by atoms with E-state index < -0.39 is 9.84 Å². The Morgan fingerprint density at radius 1 is 1.03 bits per heavy atom. The second-order valence-corrected chi connectivity index (χ2v) is 9.68. The summed E-state index contributed by atoms with van der Waals surface area (Å²) >= 11 is 0. The Balaban J connectivity index is 1.59. The van der Waals surface area contributed by atoms with Crippen LogP contribution in [0, 0.1) is 6.92 Å². The summed E-state index contributed by atoms with van der Waals surface area (Å²) < 4.78 is 23.8. The third-order valence-corrected chi connectivity index (χ3v) is 6.60. The number of carbonyl (C=O) groups is 1. The number of nitrogens with one attached hydrogen (secondary N) is 1. The van der Waals surface area contributed by atoms with Gasteiger partial charge in [0.15, 0.2) is 9.84 Å².